The zero-order chi connectivity index (χ0) is 19.4. The van der Waals surface area contributed by atoms with Crippen molar-refractivity contribution in [2.24, 2.45) is 5.92 Å². The van der Waals surface area contributed by atoms with Gasteiger partial charge in [-0.1, -0.05) is 26.2 Å². The molecule has 0 aromatic carbocycles. The van der Waals surface area contributed by atoms with E-state index in [1.807, 2.05) is 11.0 Å². The fourth-order valence-corrected chi connectivity index (χ4v) is 4.86. The minimum Gasteiger partial charge on any atom is -0.351 e. The Labute approximate surface area is 163 Å². The summed E-state index contributed by atoms with van der Waals surface area (Å²) in [5.74, 6) is 0.696. The van der Waals surface area contributed by atoms with Gasteiger partial charge in [0, 0.05) is 43.5 Å². The first-order valence-electron chi connectivity index (χ1n) is 10.7. The second-order valence-corrected chi connectivity index (χ2v) is 8.54. The highest BCUT2D eigenvalue weighted by Gasteiger charge is 2.23. The van der Waals surface area contributed by atoms with Crippen LogP contribution in [0, 0.1) is 19.8 Å². The summed E-state index contributed by atoms with van der Waals surface area (Å²) >= 11 is 0. The maximum atomic E-state index is 12.7. The molecule has 1 aromatic heterocycles. The van der Waals surface area contributed by atoms with Crippen LogP contribution >= 0.6 is 0 Å². The highest BCUT2D eigenvalue weighted by molar-refractivity contribution is 5.96. The summed E-state index contributed by atoms with van der Waals surface area (Å²) in [6.45, 7) is 8.48. The van der Waals surface area contributed by atoms with Crippen molar-refractivity contribution in [3.63, 3.8) is 0 Å². The smallest absolute Gasteiger partial charge is 0.253 e. The van der Waals surface area contributed by atoms with Crippen LogP contribution in [0.5, 0.6) is 0 Å². The number of carbonyl (C=O) groups excluding carboxylic acids is 2. The lowest BCUT2D eigenvalue weighted by molar-refractivity contribution is -0.132. The van der Waals surface area contributed by atoms with Crippen LogP contribution in [0.3, 0.4) is 0 Å². The van der Waals surface area contributed by atoms with Crippen molar-refractivity contribution in [2.45, 2.75) is 78.2 Å². The standard InChI is InChI=1S/C22H35N3O2/c1-16-8-7-13-24(15-16)21(26)11-12-23-22(27)20-14-17(2)25(18(20)3)19-9-5-4-6-10-19/h14,16,19H,4-13,15H2,1-3H3,(H,23,27). The molecule has 2 heterocycles. The summed E-state index contributed by atoms with van der Waals surface area (Å²) < 4.78 is 2.36. The first-order valence-corrected chi connectivity index (χ1v) is 10.7. The molecular formula is C22H35N3O2. The minimum atomic E-state index is -0.0510. The molecule has 0 bridgehead atoms. The van der Waals surface area contributed by atoms with Gasteiger partial charge in [0.05, 0.1) is 5.56 Å². The van der Waals surface area contributed by atoms with Crippen LogP contribution in [0.25, 0.3) is 0 Å². The van der Waals surface area contributed by atoms with Crippen molar-refractivity contribution in [3.8, 4) is 0 Å². The molecule has 150 valence electrons. The molecule has 1 N–H and O–H groups in total. The number of aryl methyl sites for hydroxylation is 1. The number of nitrogens with zero attached hydrogens (tertiary/aromatic N) is 2. The lowest BCUT2D eigenvalue weighted by Gasteiger charge is -2.31. The van der Waals surface area contributed by atoms with Gasteiger partial charge in [0.1, 0.15) is 0 Å². The lowest BCUT2D eigenvalue weighted by atomic mass is 9.95. The summed E-state index contributed by atoms with van der Waals surface area (Å²) in [5, 5.41) is 2.96. The Morgan fingerprint density at radius 2 is 1.85 bits per heavy atom. The van der Waals surface area contributed by atoms with Crippen LogP contribution in [0.15, 0.2) is 6.07 Å². The Morgan fingerprint density at radius 1 is 1.11 bits per heavy atom. The van der Waals surface area contributed by atoms with E-state index < -0.39 is 0 Å². The summed E-state index contributed by atoms with van der Waals surface area (Å²) in [6.07, 6.45) is 8.98. The van der Waals surface area contributed by atoms with Crippen molar-refractivity contribution in [1.82, 2.24) is 14.8 Å². The Kier molecular flexibility index (Phi) is 6.61. The molecule has 1 atom stereocenters. The van der Waals surface area contributed by atoms with Crippen molar-refractivity contribution in [3.05, 3.63) is 23.0 Å². The number of aromatic nitrogens is 1. The zero-order valence-corrected chi connectivity index (χ0v) is 17.2. The molecule has 5 heteroatoms. The fourth-order valence-electron chi connectivity index (χ4n) is 4.86. The normalized spacial score (nSPS) is 21.3. The molecule has 2 amide bonds. The molecule has 3 rings (SSSR count). The van der Waals surface area contributed by atoms with Gasteiger partial charge < -0.3 is 14.8 Å². The third-order valence-electron chi connectivity index (χ3n) is 6.30. The highest BCUT2D eigenvalue weighted by Crippen LogP contribution is 2.32. The predicted octanol–water partition coefficient (Wildman–Crippen LogP) is 3.99. The summed E-state index contributed by atoms with van der Waals surface area (Å²) in [4.78, 5) is 27.0. The van der Waals surface area contributed by atoms with Crippen LogP contribution < -0.4 is 5.32 Å². The predicted molar refractivity (Wildman–Crippen MR) is 108 cm³/mol. The number of amides is 2. The molecule has 1 unspecified atom stereocenters. The molecule has 1 aromatic rings. The van der Waals surface area contributed by atoms with Crippen LogP contribution in [0.2, 0.25) is 0 Å². The van der Waals surface area contributed by atoms with Gasteiger partial charge in [0.25, 0.3) is 5.91 Å². The van der Waals surface area contributed by atoms with Gasteiger partial charge >= 0.3 is 0 Å². The summed E-state index contributed by atoms with van der Waals surface area (Å²) in [7, 11) is 0. The quantitative estimate of drug-likeness (QED) is 0.848. The molecule has 5 nitrogen and oxygen atoms in total. The van der Waals surface area contributed by atoms with Gasteiger partial charge in [0.15, 0.2) is 0 Å². The molecule has 27 heavy (non-hydrogen) atoms. The molecule has 1 saturated carbocycles. The minimum absolute atomic E-state index is 0.0510. The first-order chi connectivity index (χ1) is 13.0. The number of rotatable bonds is 5. The highest BCUT2D eigenvalue weighted by atomic mass is 16.2. The Hall–Kier alpha value is -1.78. The van der Waals surface area contributed by atoms with Gasteiger partial charge in [-0.25, -0.2) is 0 Å². The molecule has 1 aliphatic heterocycles. The Bertz CT molecular complexity index is 673. The molecule has 2 fully saturated rings. The van der Waals surface area contributed by atoms with Crippen molar-refractivity contribution < 1.29 is 9.59 Å². The van der Waals surface area contributed by atoms with E-state index in [0.29, 0.717) is 24.9 Å². The number of likely N-dealkylation sites (tertiary alicyclic amines) is 1. The third-order valence-corrected chi connectivity index (χ3v) is 6.30. The van der Waals surface area contributed by atoms with Gasteiger partial charge in [-0.05, 0) is 51.5 Å². The number of piperidine rings is 1. The molecule has 0 spiro atoms. The second-order valence-electron chi connectivity index (χ2n) is 8.54. The van der Waals surface area contributed by atoms with E-state index >= 15 is 0 Å². The van der Waals surface area contributed by atoms with E-state index in [1.54, 1.807) is 0 Å². The second kappa shape index (κ2) is 8.94. The molecule has 0 radical (unpaired) electrons. The van der Waals surface area contributed by atoms with Crippen LogP contribution in [-0.4, -0.2) is 40.9 Å². The third kappa shape index (κ3) is 4.74. The van der Waals surface area contributed by atoms with E-state index in [1.165, 1.54) is 44.2 Å². The van der Waals surface area contributed by atoms with E-state index in [-0.39, 0.29) is 11.8 Å². The topological polar surface area (TPSA) is 54.3 Å². The van der Waals surface area contributed by atoms with E-state index in [9.17, 15) is 9.59 Å². The first kappa shape index (κ1) is 20.0. The van der Waals surface area contributed by atoms with Gasteiger partial charge in [-0.15, -0.1) is 0 Å². The van der Waals surface area contributed by atoms with E-state index in [0.717, 1.165) is 30.8 Å². The average molecular weight is 374 g/mol. The molecule has 2 aliphatic rings. The maximum Gasteiger partial charge on any atom is 0.253 e. The van der Waals surface area contributed by atoms with Gasteiger partial charge in [-0.2, -0.15) is 0 Å². The summed E-state index contributed by atoms with van der Waals surface area (Å²) in [6, 6.07) is 2.54. The number of carbonyl (C=O) groups is 2. The van der Waals surface area contributed by atoms with E-state index in [2.05, 4.69) is 30.7 Å². The SMILES string of the molecule is Cc1cc(C(=O)NCCC(=O)N2CCCC(C)C2)c(C)n1C1CCCCC1. The van der Waals surface area contributed by atoms with E-state index in [4.69, 9.17) is 0 Å². The van der Waals surface area contributed by atoms with Gasteiger partial charge in [0.2, 0.25) is 5.91 Å². The van der Waals surface area contributed by atoms with Crippen molar-refractivity contribution in [2.75, 3.05) is 19.6 Å². The average Bonchev–Trinajstić information content (AvgIpc) is 2.96. The Balaban J connectivity index is 1.54. The fraction of sp³-hybridized carbons (Fsp3) is 0.727. The zero-order valence-electron chi connectivity index (χ0n) is 17.2. The monoisotopic (exact) mass is 373 g/mol. The van der Waals surface area contributed by atoms with Gasteiger partial charge in [-0.3, -0.25) is 9.59 Å². The largest absolute Gasteiger partial charge is 0.351 e. The molecule has 1 saturated heterocycles. The van der Waals surface area contributed by atoms with Crippen molar-refractivity contribution in [1.29, 1.82) is 0 Å². The maximum absolute atomic E-state index is 12.7. The number of hydrogen-bond acceptors (Lipinski definition) is 2. The lowest BCUT2D eigenvalue weighted by Crippen LogP contribution is -2.40. The van der Waals surface area contributed by atoms with Crippen molar-refractivity contribution >= 4 is 11.8 Å². The summed E-state index contributed by atoms with van der Waals surface area (Å²) in [5.41, 5.74) is 2.99. The number of nitrogens with one attached hydrogen (secondary N) is 1. The Morgan fingerprint density at radius 3 is 2.56 bits per heavy atom. The van der Waals surface area contributed by atoms with Crippen LogP contribution in [-0.2, 0) is 4.79 Å². The van der Waals surface area contributed by atoms with Crippen LogP contribution in [0.1, 0.15) is 86.1 Å². The van der Waals surface area contributed by atoms with Crippen LogP contribution in [0.4, 0.5) is 0 Å². The molecule has 1 aliphatic carbocycles. The number of hydrogen-bond donors (Lipinski definition) is 1. The molecular weight excluding hydrogens is 338 g/mol.